The highest BCUT2D eigenvalue weighted by Gasteiger charge is 2.21. The molecule has 0 aliphatic heterocycles. The third-order valence-corrected chi connectivity index (χ3v) is 4.85. The summed E-state index contributed by atoms with van der Waals surface area (Å²) in [6.07, 6.45) is 0.515. The van der Waals surface area contributed by atoms with E-state index >= 15 is 0 Å². The molecule has 1 amide bonds. The molecule has 1 heterocycles. The maximum absolute atomic E-state index is 12.6. The van der Waals surface area contributed by atoms with Crippen molar-refractivity contribution in [1.29, 1.82) is 0 Å². The number of carbonyl (C=O) groups is 1. The van der Waals surface area contributed by atoms with Gasteiger partial charge in [-0.05, 0) is 38.3 Å². The van der Waals surface area contributed by atoms with Crippen LogP contribution in [-0.4, -0.2) is 26.3 Å². The SMILES string of the molecule is CCC(Sc1n[nH]c(=O)[nH]c1=O)C(=O)Nc1c(C)cc(C)cc1C. The Kier molecular flexibility index (Phi) is 5.61. The summed E-state index contributed by atoms with van der Waals surface area (Å²) in [5, 5.41) is 8.38. The van der Waals surface area contributed by atoms with Crippen LogP contribution in [0.25, 0.3) is 0 Å². The van der Waals surface area contributed by atoms with Gasteiger partial charge in [-0.3, -0.25) is 14.6 Å². The predicted molar refractivity (Wildman–Crippen MR) is 94.7 cm³/mol. The lowest BCUT2D eigenvalue weighted by Crippen LogP contribution is -2.29. The van der Waals surface area contributed by atoms with Gasteiger partial charge in [-0.1, -0.05) is 36.4 Å². The molecular formula is C16H20N4O3S. The Balaban J connectivity index is 2.20. The molecule has 0 aliphatic rings. The molecule has 0 bridgehead atoms. The first-order valence-corrected chi connectivity index (χ1v) is 8.44. The summed E-state index contributed by atoms with van der Waals surface area (Å²) >= 11 is 1.03. The minimum atomic E-state index is -0.673. The van der Waals surface area contributed by atoms with E-state index in [0.717, 1.165) is 34.1 Å². The minimum Gasteiger partial charge on any atom is -0.325 e. The van der Waals surface area contributed by atoms with Gasteiger partial charge in [-0.15, -0.1) is 0 Å². The molecule has 0 saturated carbocycles. The van der Waals surface area contributed by atoms with E-state index in [2.05, 4.69) is 20.5 Å². The van der Waals surface area contributed by atoms with Gasteiger partial charge in [0.05, 0.1) is 5.25 Å². The maximum Gasteiger partial charge on any atom is 0.342 e. The van der Waals surface area contributed by atoms with Crippen LogP contribution < -0.4 is 16.6 Å². The van der Waals surface area contributed by atoms with Crippen LogP contribution >= 0.6 is 11.8 Å². The fraction of sp³-hybridized carbons (Fsp3) is 0.375. The first-order valence-electron chi connectivity index (χ1n) is 7.56. The standard InChI is InChI=1S/C16H20N4O3S/c1-5-11(24-15-14(22)18-16(23)20-19-15)13(21)17-12-9(3)6-8(2)7-10(12)4/h6-7,11H,5H2,1-4H3,(H,17,21)(H2,18,20,22,23). The Hall–Kier alpha value is -2.35. The quantitative estimate of drug-likeness (QED) is 0.715. The number of hydrogen-bond donors (Lipinski definition) is 3. The number of H-pyrrole nitrogens is 2. The lowest BCUT2D eigenvalue weighted by atomic mass is 10.0. The highest BCUT2D eigenvalue weighted by Crippen LogP contribution is 2.25. The van der Waals surface area contributed by atoms with Gasteiger partial charge in [0.1, 0.15) is 0 Å². The van der Waals surface area contributed by atoms with Gasteiger partial charge < -0.3 is 5.32 Å². The summed E-state index contributed by atoms with van der Waals surface area (Å²) in [5.74, 6) is -0.204. The lowest BCUT2D eigenvalue weighted by molar-refractivity contribution is -0.115. The van der Waals surface area contributed by atoms with Crippen LogP contribution in [0.2, 0.25) is 0 Å². The maximum atomic E-state index is 12.6. The van der Waals surface area contributed by atoms with Crippen LogP contribution in [0.5, 0.6) is 0 Å². The van der Waals surface area contributed by atoms with Crippen molar-refractivity contribution in [2.75, 3.05) is 5.32 Å². The van der Waals surface area contributed by atoms with E-state index in [9.17, 15) is 14.4 Å². The molecule has 8 heteroatoms. The van der Waals surface area contributed by atoms with E-state index in [4.69, 9.17) is 0 Å². The van der Waals surface area contributed by atoms with Crippen molar-refractivity contribution in [3.8, 4) is 0 Å². The topological polar surface area (TPSA) is 108 Å². The van der Waals surface area contributed by atoms with Crippen LogP contribution in [0.15, 0.2) is 26.7 Å². The number of nitrogens with zero attached hydrogens (tertiary/aromatic N) is 1. The number of aromatic nitrogens is 3. The summed E-state index contributed by atoms with van der Waals surface area (Å²) in [7, 11) is 0. The normalized spacial score (nSPS) is 12.0. The molecule has 1 unspecified atom stereocenters. The van der Waals surface area contributed by atoms with Crippen molar-refractivity contribution in [1.82, 2.24) is 15.2 Å². The van der Waals surface area contributed by atoms with Crippen molar-refractivity contribution in [2.45, 2.75) is 44.4 Å². The van der Waals surface area contributed by atoms with Crippen molar-refractivity contribution in [3.05, 3.63) is 49.7 Å². The molecule has 1 aromatic heterocycles. The molecule has 128 valence electrons. The molecule has 24 heavy (non-hydrogen) atoms. The van der Waals surface area contributed by atoms with Crippen LogP contribution in [0.1, 0.15) is 30.0 Å². The lowest BCUT2D eigenvalue weighted by Gasteiger charge is -2.17. The number of amides is 1. The van der Waals surface area contributed by atoms with Gasteiger partial charge in [0, 0.05) is 5.69 Å². The summed E-state index contributed by atoms with van der Waals surface area (Å²) in [6.45, 7) is 7.74. The van der Waals surface area contributed by atoms with Gasteiger partial charge in [-0.2, -0.15) is 5.10 Å². The average Bonchev–Trinajstić information content (AvgIpc) is 2.50. The van der Waals surface area contributed by atoms with Crippen molar-refractivity contribution in [2.24, 2.45) is 0 Å². The molecule has 1 aromatic carbocycles. The van der Waals surface area contributed by atoms with E-state index in [0.29, 0.717) is 6.42 Å². The highest BCUT2D eigenvalue weighted by atomic mass is 32.2. The third-order valence-electron chi connectivity index (χ3n) is 3.52. The average molecular weight is 348 g/mol. The van der Waals surface area contributed by atoms with Gasteiger partial charge >= 0.3 is 5.69 Å². The van der Waals surface area contributed by atoms with Gasteiger partial charge in [0.15, 0.2) is 5.03 Å². The zero-order valence-electron chi connectivity index (χ0n) is 14.0. The van der Waals surface area contributed by atoms with Gasteiger partial charge in [0.2, 0.25) is 5.91 Å². The van der Waals surface area contributed by atoms with E-state index in [1.807, 2.05) is 39.8 Å². The number of aryl methyl sites for hydroxylation is 3. The monoisotopic (exact) mass is 348 g/mol. The first kappa shape index (κ1) is 18.0. The van der Waals surface area contributed by atoms with E-state index in [1.165, 1.54) is 0 Å². The molecule has 0 fully saturated rings. The molecule has 1 atom stereocenters. The zero-order chi connectivity index (χ0) is 17.9. The summed E-state index contributed by atoms with van der Waals surface area (Å²) in [4.78, 5) is 37.4. The Bertz CT molecular complexity index is 849. The number of aromatic amines is 2. The number of hydrogen-bond acceptors (Lipinski definition) is 5. The van der Waals surface area contributed by atoms with Crippen LogP contribution in [0.4, 0.5) is 5.69 Å². The minimum absolute atomic E-state index is 0.0638. The molecule has 2 rings (SSSR count). The van der Waals surface area contributed by atoms with Gasteiger partial charge in [0.25, 0.3) is 5.56 Å². The fourth-order valence-corrected chi connectivity index (χ4v) is 3.31. The second-order valence-corrected chi connectivity index (χ2v) is 6.78. The molecule has 7 nitrogen and oxygen atoms in total. The summed E-state index contributed by atoms with van der Waals surface area (Å²) in [5.41, 5.74) is 2.62. The Morgan fingerprint density at radius 3 is 2.42 bits per heavy atom. The number of benzene rings is 1. The molecular weight excluding hydrogens is 328 g/mol. The number of carbonyl (C=O) groups excluding carboxylic acids is 1. The number of rotatable bonds is 5. The van der Waals surface area contributed by atoms with Crippen LogP contribution in [0, 0.1) is 20.8 Å². The summed E-state index contributed by atoms with van der Waals surface area (Å²) < 4.78 is 0. The summed E-state index contributed by atoms with van der Waals surface area (Å²) in [6, 6.07) is 4.01. The Labute approximate surface area is 143 Å². The molecule has 0 radical (unpaired) electrons. The van der Waals surface area contributed by atoms with Crippen molar-refractivity contribution >= 4 is 23.4 Å². The highest BCUT2D eigenvalue weighted by molar-refractivity contribution is 8.00. The smallest absolute Gasteiger partial charge is 0.325 e. The Morgan fingerprint density at radius 1 is 1.25 bits per heavy atom. The molecule has 0 saturated heterocycles. The van der Waals surface area contributed by atoms with Crippen LogP contribution in [-0.2, 0) is 4.79 Å². The number of thioether (sulfide) groups is 1. The largest absolute Gasteiger partial charge is 0.342 e. The van der Waals surface area contributed by atoms with Crippen LogP contribution in [0.3, 0.4) is 0 Å². The second-order valence-electron chi connectivity index (χ2n) is 5.59. The second kappa shape index (κ2) is 7.48. The van der Waals surface area contributed by atoms with Crippen molar-refractivity contribution in [3.63, 3.8) is 0 Å². The third kappa shape index (κ3) is 4.14. The zero-order valence-corrected chi connectivity index (χ0v) is 14.8. The Morgan fingerprint density at radius 2 is 1.88 bits per heavy atom. The number of anilines is 1. The molecule has 0 spiro atoms. The molecule has 3 N–H and O–H groups in total. The van der Waals surface area contributed by atoms with Gasteiger partial charge in [-0.25, -0.2) is 9.89 Å². The molecule has 2 aromatic rings. The fourth-order valence-electron chi connectivity index (χ4n) is 2.45. The molecule has 0 aliphatic carbocycles. The van der Waals surface area contributed by atoms with E-state index in [-0.39, 0.29) is 10.9 Å². The number of nitrogens with one attached hydrogen (secondary N) is 3. The first-order chi connectivity index (χ1) is 11.3. The van der Waals surface area contributed by atoms with E-state index in [1.54, 1.807) is 0 Å². The van der Waals surface area contributed by atoms with E-state index < -0.39 is 16.5 Å². The predicted octanol–water partition coefficient (Wildman–Crippen LogP) is 1.89. The van der Waals surface area contributed by atoms with Crippen molar-refractivity contribution < 1.29 is 4.79 Å².